The molecule has 1 fully saturated rings. The van der Waals surface area contributed by atoms with Gasteiger partial charge in [0.2, 0.25) is 0 Å². The Balaban J connectivity index is 1.58. The van der Waals surface area contributed by atoms with Gasteiger partial charge in [0, 0.05) is 28.7 Å². The van der Waals surface area contributed by atoms with Gasteiger partial charge in [0.25, 0.3) is 0 Å². The van der Waals surface area contributed by atoms with E-state index in [-0.39, 0.29) is 6.04 Å². The lowest BCUT2D eigenvalue weighted by Crippen LogP contribution is -2.40. The van der Waals surface area contributed by atoms with E-state index in [9.17, 15) is 0 Å². The van der Waals surface area contributed by atoms with Crippen LogP contribution in [0.3, 0.4) is 0 Å². The van der Waals surface area contributed by atoms with Gasteiger partial charge in [-0.05, 0) is 35.2 Å². The third kappa shape index (κ3) is 2.61. The first-order chi connectivity index (χ1) is 12.8. The molecule has 5 rings (SSSR count). The Hall–Kier alpha value is -2.29. The van der Waals surface area contributed by atoms with E-state index in [0.717, 1.165) is 11.4 Å². The highest BCUT2D eigenvalue weighted by atomic mass is 35.5. The molecular weight excluding hydrogens is 340 g/mol. The van der Waals surface area contributed by atoms with E-state index in [4.69, 9.17) is 11.6 Å². The third-order valence-electron chi connectivity index (χ3n) is 5.79. The molecule has 0 saturated carbocycles. The molecule has 3 aromatic carbocycles. The fourth-order valence-electron chi connectivity index (χ4n) is 4.59. The van der Waals surface area contributed by atoms with Crippen molar-refractivity contribution >= 4 is 17.3 Å². The first kappa shape index (κ1) is 15.9. The maximum atomic E-state index is 6.56. The number of anilines is 1. The van der Waals surface area contributed by atoms with Gasteiger partial charge in [-0.3, -0.25) is 0 Å². The first-order valence-corrected chi connectivity index (χ1v) is 9.60. The number of fused-ring (bicyclic) bond motifs is 3. The minimum atomic E-state index is 0.164. The summed E-state index contributed by atoms with van der Waals surface area (Å²) in [5, 5.41) is 8.48. The van der Waals surface area contributed by atoms with Gasteiger partial charge in [-0.2, -0.15) is 0 Å². The molecule has 130 valence electrons. The van der Waals surface area contributed by atoms with E-state index in [1.165, 1.54) is 22.4 Å². The van der Waals surface area contributed by atoms with Crippen molar-refractivity contribution in [3.05, 3.63) is 101 Å². The quantitative estimate of drug-likeness (QED) is 0.613. The van der Waals surface area contributed by atoms with Crippen LogP contribution in [-0.2, 0) is 0 Å². The predicted molar refractivity (Wildman–Crippen MR) is 108 cm³/mol. The van der Waals surface area contributed by atoms with Crippen LogP contribution in [0.15, 0.2) is 78.9 Å². The Morgan fingerprint density at radius 2 is 1.46 bits per heavy atom. The molecule has 1 saturated heterocycles. The summed E-state index contributed by atoms with van der Waals surface area (Å²) < 4.78 is 0. The van der Waals surface area contributed by atoms with E-state index in [2.05, 4.69) is 77.4 Å². The smallest absolute Gasteiger partial charge is 0.0687 e. The minimum Gasteiger partial charge on any atom is -0.376 e. The molecule has 4 atom stereocenters. The molecule has 2 N–H and O–H groups in total. The molecule has 0 unspecified atom stereocenters. The van der Waals surface area contributed by atoms with Gasteiger partial charge in [0.15, 0.2) is 0 Å². The molecule has 0 spiro atoms. The number of nitrogens with one attached hydrogen (secondary N) is 2. The second-order valence-electron chi connectivity index (χ2n) is 7.23. The van der Waals surface area contributed by atoms with Gasteiger partial charge in [-0.1, -0.05) is 78.3 Å². The summed E-state index contributed by atoms with van der Waals surface area (Å²) in [6.45, 7) is 0. The molecule has 3 aromatic rings. The second kappa shape index (κ2) is 6.46. The molecule has 0 aromatic heterocycles. The second-order valence-corrected chi connectivity index (χ2v) is 7.64. The van der Waals surface area contributed by atoms with Crippen molar-refractivity contribution in [2.24, 2.45) is 0 Å². The molecule has 0 amide bonds. The maximum absolute atomic E-state index is 6.56. The normalized spacial score (nSPS) is 26.7. The Bertz CT molecular complexity index is 924. The van der Waals surface area contributed by atoms with Crippen LogP contribution in [0.1, 0.15) is 41.1 Å². The van der Waals surface area contributed by atoms with Crippen molar-refractivity contribution < 1.29 is 0 Å². The highest BCUT2D eigenvalue weighted by molar-refractivity contribution is 6.31. The Morgan fingerprint density at radius 3 is 2.27 bits per heavy atom. The summed E-state index contributed by atoms with van der Waals surface area (Å²) in [5.41, 5.74) is 5.16. The summed E-state index contributed by atoms with van der Waals surface area (Å²) in [6.07, 6.45) is 1.11. The molecular formula is C23H21ClN2. The average Bonchev–Trinajstić information content (AvgIpc) is 3.14. The van der Waals surface area contributed by atoms with E-state index in [1.807, 2.05) is 12.1 Å². The number of para-hydroxylation sites is 1. The fourth-order valence-corrected chi connectivity index (χ4v) is 4.84. The van der Waals surface area contributed by atoms with Crippen molar-refractivity contribution in [2.75, 3.05) is 5.32 Å². The summed E-state index contributed by atoms with van der Waals surface area (Å²) in [4.78, 5) is 0. The SMILES string of the molecule is Clc1ccccc1[C@H]1Nc2ccccc2[C@H]2C[C@H](c3ccccc3)N[C@@H]21. The standard InChI is InChI=1S/C23H21ClN2/c24-19-12-6-4-11-17(19)22-23-18(16-10-5-7-13-20(16)25-22)14-21(26-23)15-8-2-1-3-9-15/h1-13,18,21-23,25-26H,14H2/t18-,21-,22-,23+/m1/s1. The van der Waals surface area contributed by atoms with Gasteiger partial charge in [-0.25, -0.2) is 0 Å². The van der Waals surface area contributed by atoms with Gasteiger partial charge < -0.3 is 10.6 Å². The van der Waals surface area contributed by atoms with E-state index in [0.29, 0.717) is 18.0 Å². The maximum Gasteiger partial charge on any atom is 0.0687 e. The van der Waals surface area contributed by atoms with Crippen LogP contribution in [0.4, 0.5) is 5.69 Å². The zero-order valence-corrected chi connectivity index (χ0v) is 15.2. The van der Waals surface area contributed by atoms with E-state index < -0.39 is 0 Å². The Morgan fingerprint density at radius 1 is 0.769 bits per heavy atom. The molecule has 3 heteroatoms. The summed E-state index contributed by atoms with van der Waals surface area (Å²) in [5.74, 6) is 0.471. The first-order valence-electron chi connectivity index (χ1n) is 9.22. The molecule has 0 radical (unpaired) electrons. The molecule has 0 bridgehead atoms. The number of benzene rings is 3. The molecule has 0 aliphatic carbocycles. The van der Waals surface area contributed by atoms with Crippen molar-refractivity contribution in [3.8, 4) is 0 Å². The summed E-state index contributed by atoms with van der Waals surface area (Å²) in [6, 6.07) is 28.5. The van der Waals surface area contributed by atoms with Gasteiger partial charge in [-0.15, -0.1) is 0 Å². The number of hydrogen-bond acceptors (Lipinski definition) is 2. The van der Waals surface area contributed by atoms with Crippen molar-refractivity contribution in [3.63, 3.8) is 0 Å². The lowest BCUT2D eigenvalue weighted by atomic mass is 9.80. The van der Waals surface area contributed by atoms with Crippen LogP contribution in [-0.4, -0.2) is 6.04 Å². The molecule has 26 heavy (non-hydrogen) atoms. The topological polar surface area (TPSA) is 24.1 Å². The fraction of sp³-hybridized carbons (Fsp3) is 0.217. The Labute approximate surface area is 159 Å². The van der Waals surface area contributed by atoms with Gasteiger partial charge in [0.1, 0.15) is 0 Å². The van der Waals surface area contributed by atoms with Crippen LogP contribution in [0.5, 0.6) is 0 Å². The number of halogens is 1. The Kier molecular flexibility index (Phi) is 3.96. The highest BCUT2D eigenvalue weighted by Gasteiger charge is 2.44. The summed E-state index contributed by atoms with van der Waals surface area (Å²) in [7, 11) is 0. The monoisotopic (exact) mass is 360 g/mol. The van der Waals surface area contributed by atoms with Crippen LogP contribution >= 0.6 is 11.6 Å². The van der Waals surface area contributed by atoms with Crippen LogP contribution in [0.25, 0.3) is 0 Å². The average molecular weight is 361 g/mol. The summed E-state index contributed by atoms with van der Waals surface area (Å²) >= 11 is 6.56. The molecule has 2 aliphatic heterocycles. The third-order valence-corrected chi connectivity index (χ3v) is 6.13. The van der Waals surface area contributed by atoms with Crippen LogP contribution in [0.2, 0.25) is 5.02 Å². The zero-order chi connectivity index (χ0) is 17.5. The molecule has 2 heterocycles. The minimum absolute atomic E-state index is 0.164. The molecule has 2 aliphatic rings. The number of hydrogen-bond donors (Lipinski definition) is 2. The molecule has 2 nitrogen and oxygen atoms in total. The highest BCUT2D eigenvalue weighted by Crippen LogP contribution is 2.49. The van der Waals surface area contributed by atoms with Crippen LogP contribution < -0.4 is 10.6 Å². The predicted octanol–water partition coefficient (Wildman–Crippen LogP) is 5.69. The zero-order valence-electron chi connectivity index (χ0n) is 14.4. The van der Waals surface area contributed by atoms with Gasteiger partial charge in [0.05, 0.1) is 6.04 Å². The lowest BCUT2D eigenvalue weighted by molar-refractivity contribution is 0.454. The van der Waals surface area contributed by atoms with Gasteiger partial charge >= 0.3 is 0 Å². The number of rotatable bonds is 2. The van der Waals surface area contributed by atoms with E-state index >= 15 is 0 Å². The van der Waals surface area contributed by atoms with E-state index in [1.54, 1.807) is 0 Å². The van der Waals surface area contributed by atoms with Crippen molar-refractivity contribution in [1.82, 2.24) is 5.32 Å². The largest absolute Gasteiger partial charge is 0.376 e. The van der Waals surface area contributed by atoms with Crippen LogP contribution in [0, 0.1) is 0 Å². The van der Waals surface area contributed by atoms with Crippen molar-refractivity contribution in [2.45, 2.75) is 30.5 Å². The lowest BCUT2D eigenvalue weighted by Gasteiger charge is -2.37. The van der Waals surface area contributed by atoms with Crippen molar-refractivity contribution in [1.29, 1.82) is 0 Å².